The zero-order valence-corrected chi connectivity index (χ0v) is 21.8. The topological polar surface area (TPSA) is 160 Å². The minimum atomic E-state index is -2.36. The van der Waals surface area contributed by atoms with Crippen LogP contribution in [0, 0.1) is 23.2 Å². The number of rotatable bonds is 7. The largest absolute Gasteiger partial charge is 0.469 e. The molecule has 0 aromatic carbocycles. The van der Waals surface area contributed by atoms with Crippen LogP contribution >= 0.6 is 0 Å². The molecule has 0 aromatic heterocycles. The Labute approximate surface area is 215 Å². The Morgan fingerprint density at radius 2 is 1.38 bits per heavy atom. The summed E-state index contributed by atoms with van der Waals surface area (Å²) in [5.41, 5.74) is -4.50. The summed E-state index contributed by atoms with van der Waals surface area (Å²) in [6.07, 6.45) is 5.75. The van der Waals surface area contributed by atoms with Crippen LogP contribution in [0.25, 0.3) is 0 Å². The van der Waals surface area contributed by atoms with E-state index in [2.05, 4.69) is 4.74 Å². The summed E-state index contributed by atoms with van der Waals surface area (Å²) >= 11 is 0. The predicted molar refractivity (Wildman–Crippen MR) is 127 cm³/mol. The Hall–Kier alpha value is -3.08. The monoisotopic (exact) mass is 524 g/mol. The number of Topliss-reactive ketones (excluding diaryl/α,β-unsaturated/α-hetero) is 2. The average molecular weight is 525 g/mol. The zero-order valence-electron chi connectivity index (χ0n) is 21.8. The van der Waals surface area contributed by atoms with Gasteiger partial charge in [0.2, 0.25) is 0 Å². The van der Waals surface area contributed by atoms with E-state index in [9.17, 15) is 33.9 Å². The first-order valence-electron chi connectivity index (χ1n) is 12.3. The average Bonchev–Trinajstić information content (AvgIpc) is 3.06. The summed E-state index contributed by atoms with van der Waals surface area (Å²) in [6, 6.07) is 0. The van der Waals surface area contributed by atoms with Gasteiger partial charge in [-0.25, -0.2) is 0 Å². The third kappa shape index (κ3) is 5.61. The van der Waals surface area contributed by atoms with Gasteiger partial charge in [0.25, 0.3) is 0 Å². The van der Waals surface area contributed by atoms with Crippen molar-refractivity contribution in [3.8, 4) is 0 Å². The van der Waals surface area contributed by atoms with E-state index in [1.165, 1.54) is 0 Å². The van der Waals surface area contributed by atoms with Gasteiger partial charge in [-0.1, -0.05) is 25.0 Å². The summed E-state index contributed by atoms with van der Waals surface area (Å²) in [6.45, 7) is 0. The van der Waals surface area contributed by atoms with Crippen molar-refractivity contribution in [1.82, 2.24) is 0 Å². The molecule has 3 unspecified atom stereocenters. The molecule has 1 saturated carbocycles. The molecule has 11 nitrogen and oxygen atoms in total. The molecule has 2 rings (SSSR count). The molecule has 0 heterocycles. The van der Waals surface area contributed by atoms with E-state index in [-0.39, 0.29) is 19.3 Å². The molecule has 0 aromatic rings. The highest BCUT2D eigenvalue weighted by atomic mass is 16.5. The second-order valence-electron chi connectivity index (χ2n) is 9.42. The Morgan fingerprint density at radius 1 is 0.838 bits per heavy atom. The zero-order chi connectivity index (χ0) is 27.8. The van der Waals surface area contributed by atoms with Gasteiger partial charge in [-0.15, -0.1) is 0 Å². The number of ketones is 2. The minimum absolute atomic E-state index is 0.178. The Kier molecular flexibility index (Phi) is 10.5. The number of esters is 4. The van der Waals surface area contributed by atoms with Crippen LogP contribution in [0.1, 0.15) is 57.8 Å². The van der Waals surface area contributed by atoms with Gasteiger partial charge in [-0.3, -0.25) is 28.8 Å². The molecule has 2 aliphatic rings. The number of aliphatic hydroxyl groups is 1. The number of methoxy groups -OCH3 is 4. The number of hydrogen-bond acceptors (Lipinski definition) is 11. The second kappa shape index (κ2) is 12.9. The number of carbonyl (C=O) groups is 6. The third-order valence-electron chi connectivity index (χ3n) is 7.62. The van der Waals surface area contributed by atoms with Crippen molar-refractivity contribution in [1.29, 1.82) is 0 Å². The summed E-state index contributed by atoms with van der Waals surface area (Å²) in [4.78, 5) is 78.9. The molecule has 0 radical (unpaired) electrons. The summed E-state index contributed by atoms with van der Waals surface area (Å²) < 4.78 is 19.3. The number of allylic oxidation sites excluding steroid dienone is 2. The first-order valence-corrected chi connectivity index (χ1v) is 12.3. The van der Waals surface area contributed by atoms with Crippen molar-refractivity contribution in [2.75, 3.05) is 28.4 Å². The minimum Gasteiger partial charge on any atom is -0.469 e. The van der Waals surface area contributed by atoms with E-state index < -0.39 is 70.6 Å². The molecule has 1 fully saturated rings. The van der Waals surface area contributed by atoms with Crippen LogP contribution in [0.15, 0.2) is 12.2 Å². The molecular formula is C26H36O11. The maximum absolute atomic E-state index is 13.8. The molecule has 0 amide bonds. The molecule has 206 valence electrons. The van der Waals surface area contributed by atoms with E-state index in [1.807, 2.05) is 12.2 Å². The summed E-state index contributed by atoms with van der Waals surface area (Å²) in [5.74, 6) is -12.0. The fraction of sp³-hybridized carbons (Fsp3) is 0.692. The van der Waals surface area contributed by atoms with Crippen molar-refractivity contribution in [2.45, 2.75) is 63.4 Å². The van der Waals surface area contributed by atoms with Gasteiger partial charge >= 0.3 is 23.9 Å². The van der Waals surface area contributed by atoms with Crippen LogP contribution in [0.3, 0.4) is 0 Å². The molecule has 0 spiro atoms. The number of hydrogen-bond donors (Lipinski definition) is 1. The van der Waals surface area contributed by atoms with Crippen molar-refractivity contribution in [3.63, 3.8) is 0 Å². The highest BCUT2D eigenvalue weighted by molar-refractivity contribution is 6.15. The number of ether oxygens (including phenoxy) is 4. The fourth-order valence-electron chi connectivity index (χ4n) is 5.98. The smallest absolute Gasteiger partial charge is 0.319 e. The van der Waals surface area contributed by atoms with Gasteiger partial charge in [0.15, 0.2) is 11.6 Å². The number of fused-ring (bicyclic) bond motifs is 1. The molecule has 1 N–H and O–H groups in total. The lowest BCUT2D eigenvalue weighted by atomic mass is 9.55. The van der Waals surface area contributed by atoms with Crippen LogP contribution in [0.2, 0.25) is 0 Å². The Balaban J connectivity index is 2.94. The first-order chi connectivity index (χ1) is 17.6. The van der Waals surface area contributed by atoms with Crippen LogP contribution < -0.4 is 0 Å². The van der Waals surface area contributed by atoms with Gasteiger partial charge in [0.05, 0.1) is 34.0 Å². The molecular weight excluding hydrogens is 488 g/mol. The van der Waals surface area contributed by atoms with Gasteiger partial charge in [-0.2, -0.15) is 0 Å². The van der Waals surface area contributed by atoms with Crippen LogP contribution in [0.4, 0.5) is 0 Å². The molecule has 11 heteroatoms. The summed E-state index contributed by atoms with van der Waals surface area (Å²) in [5, 5.41) is 12.4. The lowest BCUT2D eigenvalue weighted by molar-refractivity contribution is -0.192. The van der Waals surface area contributed by atoms with Crippen LogP contribution in [-0.2, 0) is 47.7 Å². The highest BCUT2D eigenvalue weighted by Crippen LogP contribution is 2.62. The molecule has 5 atom stereocenters. The van der Waals surface area contributed by atoms with Crippen molar-refractivity contribution < 1.29 is 52.8 Å². The quantitative estimate of drug-likeness (QED) is 0.222. The molecule has 0 bridgehead atoms. The molecule has 37 heavy (non-hydrogen) atoms. The van der Waals surface area contributed by atoms with Gasteiger partial charge < -0.3 is 24.1 Å². The van der Waals surface area contributed by atoms with E-state index in [0.29, 0.717) is 32.1 Å². The Bertz CT molecular complexity index is 939. The standard InChI is InChI=1S/C26H36O11/c1-34-17(28)15-16(27)18(22(30)35-2)25-13-11-9-7-5-6-8-10-12-14-26(25,33)20(24(32)37-4)21(29)19(25)23(31)36-3/h5-6,18-20,33H,7-15H2,1-4H3/b6-5-/t18?,19?,20?,25-,26+/m0/s1. The van der Waals surface area contributed by atoms with E-state index in [1.54, 1.807) is 0 Å². The van der Waals surface area contributed by atoms with Crippen LogP contribution in [0.5, 0.6) is 0 Å². The SMILES string of the molecule is COC(=O)CC(=O)C(C(=O)OC)[C@]12CCCC/C=C\CCCC[C@@]1(O)C(C(=O)OC)C(=O)C2C(=O)OC. The van der Waals surface area contributed by atoms with E-state index >= 15 is 0 Å². The summed E-state index contributed by atoms with van der Waals surface area (Å²) in [7, 11) is 4.13. The van der Waals surface area contributed by atoms with Gasteiger partial charge in [0, 0.05) is 5.41 Å². The van der Waals surface area contributed by atoms with Crippen molar-refractivity contribution >= 4 is 35.4 Å². The van der Waals surface area contributed by atoms with Crippen LogP contribution in [-0.4, -0.2) is 74.6 Å². The van der Waals surface area contributed by atoms with Crippen molar-refractivity contribution in [3.05, 3.63) is 12.2 Å². The number of carbonyl (C=O) groups excluding carboxylic acids is 6. The van der Waals surface area contributed by atoms with E-state index in [0.717, 1.165) is 28.4 Å². The molecule has 0 aliphatic heterocycles. The molecule has 0 saturated heterocycles. The maximum Gasteiger partial charge on any atom is 0.319 e. The predicted octanol–water partition coefficient (Wildman–Crippen LogP) is 1.48. The van der Waals surface area contributed by atoms with Gasteiger partial charge in [0.1, 0.15) is 24.2 Å². The fourth-order valence-corrected chi connectivity index (χ4v) is 5.98. The second-order valence-corrected chi connectivity index (χ2v) is 9.42. The van der Waals surface area contributed by atoms with Gasteiger partial charge in [-0.05, 0) is 38.5 Å². The lowest BCUT2D eigenvalue weighted by Gasteiger charge is -2.48. The van der Waals surface area contributed by atoms with E-state index in [4.69, 9.17) is 14.2 Å². The molecule has 2 aliphatic carbocycles. The Morgan fingerprint density at radius 3 is 1.89 bits per heavy atom. The normalized spacial score (nSPS) is 29.9. The first kappa shape index (κ1) is 30.1. The maximum atomic E-state index is 13.8. The lowest BCUT2D eigenvalue weighted by Crippen LogP contribution is -2.61. The third-order valence-corrected chi connectivity index (χ3v) is 7.62. The van der Waals surface area contributed by atoms with Crippen molar-refractivity contribution in [2.24, 2.45) is 23.2 Å². The highest BCUT2D eigenvalue weighted by Gasteiger charge is 2.77.